The molecular formula is C34H44BN5O3. The third-order valence-electron chi connectivity index (χ3n) is 9.04. The van der Waals surface area contributed by atoms with Crippen LogP contribution in [0.25, 0.3) is 22.0 Å². The van der Waals surface area contributed by atoms with Crippen molar-refractivity contribution in [2.24, 2.45) is 0 Å². The fourth-order valence-electron chi connectivity index (χ4n) is 5.55. The minimum absolute atomic E-state index is 0.297. The van der Waals surface area contributed by atoms with Gasteiger partial charge in [-0.1, -0.05) is 18.2 Å². The average molecular weight is 582 g/mol. The molecular weight excluding hydrogens is 537 g/mol. The molecule has 1 aromatic carbocycles. The molecule has 0 aliphatic carbocycles. The first kappa shape index (κ1) is 31.0. The lowest BCUT2D eigenvalue weighted by atomic mass is 9.78. The van der Waals surface area contributed by atoms with Gasteiger partial charge in [-0.2, -0.15) is 10.2 Å². The van der Waals surface area contributed by atoms with Crippen LogP contribution in [0.2, 0.25) is 0 Å². The molecule has 2 aliphatic heterocycles. The van der Waals surface area contributed by atoms with E-state index in [4.69, 9.17) is 14.0 Å². The van der Waals surface area contributed by atoms with Crippen molar-refractivity contribution in [3.8, 4) is 17.0 Å². The van der Waals surface area contributed by atoms with Crippen molar-refractivity contribution in [3.05, 3.63) is 71.8 Å². The number of pyridine rings is 2. The quantitative estimate of drug-likeness (QED) is 0.267. The molecule has 1 atom stereocenters. The Morgan fingerprint density at radius 2 is 1.70 bits per heavy atom. The van der Waals surface area contributed by atoms with Crippen molar-refractivity contribution in [2.45, 2.75) is 85.0 Å². The molecule has 0 unspecified atom stereocenters. The van der Waals surface area contributed by atoms with Gasteiger partial charge in [0.05, 0.1) is 29.5 Å². The highest BCUT2D eigenvalue weighted by Gasteiger charge is 2.52. The van der Waals surface area contributed by atoms with E-state index in [2.05, 4.69) is 83.9 Å². The summed E-state index contributed by atoms with van der Waals surface area (Å²) in [6.45, 7) is 16.8. The van der Waals surface area contributed by atoms with Crippen molar-refractivity contribution in [1.82, 2.24) is 25.1 Å². The molecule has 6 rings (SSSR count). The molecule has 5 heterocycles. The van der Waals surface area contributed by atoms with Crippen LogP contribution < -0.4 is 10.2 Å². The minimum atomic E-state index is -0.312. The van der Waals surface area contributed by atoms with Gasteiger partial charge >= 0.3 is 7.12 Å². The SMILES string of the molecule is COc1ccc(-c2ccc3cc(CCN4CCC[C@H]4C)nnc3c2)cn1.Cc1ccc(B2OC(C)(C)C(C)(C)O2)c(C)n1. The van der Waals surface area contributed by atoms with Crippen molar-refractivity contribution in [2.75, 3.05) is 20.2 Å². The second-order valence-electron chi connectivity index (χ2n) is 12.7. The van der Waals surface area contributed by atoms with E-state index in [1.54, 1.807) is 7.11 Å². The molecule has 0 amide bonds. The van der Waals surface area contributed by atoms with Gasteiger partial charge in [0.15, 0.2) is 0 Å². The lowest BCUT2D eigenvalue weighted by molar-refractivity contribution is 0.00578. The van der Waals surface area contributed by atoms with E-state index in [-0.39, 0.29) is 18.3 Å². The zero-order valence-corrected chi connectivity index (χ0v) is 26.8. The second kappa shape index (κ2) is 12.7. The summed E-state index contributed by atoms with van der Waals surface area (Å²) in [4.78, 5) is 11.3. The second-order valence-corrected chi connectivity index (χ2v) is 12.7. The lowest BCUT2D eigenvalue weighted by Gasteiger charge is -2.32. The van der Waals surface area contributed by atoms with E-state index in [1.165, 1.54) is 19.4 Å². The van der Waals surface area contributed by atoms with Crippen molar-refractivity contribution in [1.29, 1.82) is 0 Å². The maximum atomic E-state index is 6.01. The molecule has 4 aromatic rings. The number of hydrogen-bond donors (Lipinski definition) is 0. The summed E-state index contributed by atoms with van der Waals surface area (Å²) in [6.07, 6.45) is 5.40. The molecule has 9 heteroatoms. The van der Waals surface area contributed by atoms with Crippen LogP contribution in [0, 0.1) is 13.8 Å². The predicted molar refractivity (Wildman–Crippen MR) is 173 cm³/mol. The molecule has 0 spiro atoms. The van der Waals surface area contributed by atoms with Crippen LogP contribution in [0.4, 0.5) is 0 Å². The van der Waals surface area contributed by atoms with Crippen LogP contribution in [-0.2, 0) is 15.7 Å². The lowest BCUT2D eigenvalue weighted by Crippen LogP contribution is -2.41. The Hall–Kier alpha value is -3.40. The molecule has 43 heavy (non-hydrogen) atoms. The van der Waals surface area contributed by atoms with E-state index in [0.717, 1.165) is 57.5 Å². The molecule has 8 nitrogen and oxygen atoms in total. The number of aromatic nitrogens is 4. The summed E-state index contributed by atoms with van der Waals surface area (Å²) in [5.74, 6) is 0.617. The number of nitrogens with zero attached hydrogens (tertiary/aromatic N) is 5. The number of ether oxygens (including phenoxy) is 1. The van der Waals surface area contributed by atoms with Gasteiger partial charge in [-0.05, 0) is 97.7 Å². The third kappa shape index (κ3) is 7.06. The van der Waals surface area contributed by atoms with Crippen molar-refractivity contribution in [3.63, 3.8) is 0 Å². The van der Waals surface area contributed by atoms with Gasteiger partial charge in [0, 0.05) is 59.1 Å². The number of rotatable bonds is 6. The molecule has 2 aliphatic rings. The smallest absolute Gasteiger partial charge is 0.481 e. The van der Waals surface area contributed by atoms with E-state index < -0.39 is 0 Å². The highest BCUT2D eigenvalue weighted by Crippen LogP contribution is 2.36. The molecule has 2 fully saturated rings. The van der Waals surface area contributed by atoms with Gasteiger partial charge in [0.25, 0.3) is 0 Å². The Morgan fingerprint density at radius 1 is 0.953 bits per heavy atom. The van der Waals surface area contributed by atoms with Gasteiger partial charge in [0.1, 0.15) is 0 Å². The van der Waals surface area contributed by atoms with E-state index in [1.807, 2.05) is 44.3 Å². The summed E-state index contributed by atoms with van der Waals surface area (Å²) < 4.78 is 17.1. The summed E-state index contributed by atoms with van der Waals surface area (Å²) in [6, 6.07) is 17.1. The molecule has 2 saturated heterocycles. The first-order chi connectivity index (χ1) is 20.5. The van der Waals surface area contributed by atoms with E-state index in [0.29, 0.717) is 11.9 Å². The third-order valence-corrected chi connectivity index (χ3v) is 9.04. The zero-order valence-electron chi connectivity index (χ0n) is 26.8. The van der Waals surface area contributed by atoms with E-state index >= 15 is 0 Å². The van der Waals surface area contributed by atoms with Gasteiger partial charge < -0.3 is 18.9 Å². The Labute approximate surface area is 256 Å². The minimum Gasteiger partial charge on any atom is -0.481 e. The van der Waals surface area contributed by atoms with E-state index in [9.17, 15) is 0 Å². The number of methoxy groups -OCH3 is 1. The molecule has 0 N–H and O–H groups in total. The monoisotopic (exact) mass is 581 g/mol. The topological polar surface area (TPSA) is 82.5 Å². The zero-order chi connectivity index (χ0) is 30.8. The number of likely N-dealkylation sites (tertiary alicyclic amines) is 1. The molecule has 0 saturated carbocycles. The Kier molecular flexibility index (Phi) is 9.16. The maximum Gasteiger partial charge on any atom is 0.496 e. The highest BCUT2D eigenvalue weighted by atomic mass is 16.7. The van der Waals surface area contributed by atoms with Gasteiger partial charge in [0.2, 0.25) is 5.88 Å². The fraction of sp³-hybridized carbons (Fsp3) is 0.471. The normalized spacial score (nSPS) is 19.3. The van der Waals surface area contributed by atoms with Crippen LogP contribution in [-0.4, -0.2) is 69.6 Å². The first-order valence-corrected chi connectivity index (χ1v) is 15.3. The fourth-order valence-corrected chi connectivity index (χ4v) is 5.55. The summed E-state index contributed by atoms with van der Waals surface area (Å²) in [5.41, 5.74) is 6.53. The molecule has 3 aromatic heterocycles. The summed E-state index contributed by atoms with van der Waals surface area (Å²) in [5, 5.41) is 10.0. The molecule has 0 radical (unpaired) electrons. The number of benzene rings is 1. The van der Waals surface area contributed by atoms with Crippen molar-refractivity contribution < 1.29 is 14.0 Å². The maximum absolute atomic E-state index is 6.01. The van der Waals surface area contributed by atoms with Crippen LogP contribution >= 0.6 is 0 Å². The van der Waals surface area contributed by atoms with Crippen LogP contribution in [0.3, 0.4) is 0 Å². The number of aryl methyl sites for hydroxylation is 2. The Balaban J connectivity index is 0.000000188. The number of fused-ring (bicyclic) bond motifs is 1. The van der Waals surface area contributed by atoms with Crippen LogP contribution in [0.5, 0.6) is 5.88 Å². The van der Waals surface area contributed by atoms with Crippen LogP contribution in [0.15, 0.2) is 54.7 Å². The standard InChI is InChI=1S/C21H24N4O.C13H20BNO2/c1-15-4-3-10-25(15)11-9-19-12-17-6-5-16(13-20(17)24-23-19)18-7-8-21(26-2)22-14-18;1-9-7-8-11(10(2)15-9)14-16-12(3,4)13(5,6)17-14/h5-8,12-15H,3-4,9-11H2,1-2H3;7-8H,1-6H3/t15-;/m1./s1. The number of hydrogen-bond acceptors (Lipinski definition) is 8. The Bertz CT molecular complexity index is 1540. The Morgan fingerprint density at radius 3 is 2.33 bits per heavy atom. The summed E-state index contributed by atoms with van der Waals surface area (Å²) >= 11 is 0. The van der Waals surface area contributed by atoms with Gasteiger partial charge in [-0.25, -0.2) is 4.98 Å². The largest absolute Gasteiger partial charge is 0.496 e. The van der Waals surface area contributed by atoms with Gasteiger partial charge in [-0.3, -0.25) is 4.98 Å². The van der Waals surface area contributed by atoms with Crippen molar-refractivity contribution >= 4 is 23.5 Å². The molecule has 226 valence electrons. The summed E-state index contributed by atoms with van der Waals surface area (Å²) in [7, 11) is 1.31. The van der Waals surface area contributed by atoms with Gasteiger partial charge in [-0.15, -0.1) is 0 Å². The molecule has 0 bridgehead atoms. The first-order valence-electron chi connectivity index (χ1n) is 15.3. The highest BCUT2D eigenvalue weighted by molar-refractivity contribution is 6.62. The predicted octanol–water partition coefficient (Wildman–Crippen LogP) is 5.72. The average Bonchev–Trinajstić information content (AvgIpc) is 3.49. The van der Waals surface area contributed by atoms with Crippen LogP contribution in [0.1, 0.15) is 64.5 Å².